The highest BCUT2D eigenvalue weighted by atomic mass is 35.5. The normalized spacial score (nSPS) is 10.5. The smallest absolute Gasteiger partial charge is 0.141 e. The molecule has 0 unspecified atom stereocenters. The van der Waals surface area contributed by atoms with Gasteiger partial charge in [0.25, 0.3) is 0 Å². The fourth-order valence-electron chi connectivity index (χ4n) is 1.55. The maximum Gasteiger partial charge on any atom is 0.141 e. The Balaban J connectivity index is 2.07. The van der Waals surface area contributed by atoms with E-state index >= 15 is 0 Å². The third kappa shape index (κ3) is 3.60. The first-order valence-corrected chi connectivity index (χ1v) is 6.32. The molecule has 2 aromatic rings. The molecule has 0 saturated carbocycles. The summed E-state index contributed by atoms with van der Waals surface area (Å²) in [6.45, 7) is 0.158. The van der Waals surface area contributed by atoms with E-state index in [1.807, 2.05) is 0 Å². The van der Waals surface area contributed by atoms with Gasteiger partial charge >= 0.3 is 0 Å². The van der Waals surface area contributed by atoms with Crippen molar-refractivity contribution in [1.29, 1.82) is 0 Å². The molecule has 1 N–H and O–H groups in total. The van der Waals surface area contributed by atoms with Crippen molar-refractivity contribution in [1.82, 2.24) is 0 Å². The fraction of sp³-hybridized carbons (Fsp3) is 0.143. The minimum absolute atomic E-state index is 0.0582. The molecule has 0 fully saturated rings. The molecule has 0 aromatic heterocycles. The number of aliphatic hydroxyl groups excluding tert-OH is 1. The molecule has 0 aliphatic rings. The maximum atomic E-state index is 13.0. The summed E-state index contributed by atoms with van der Waals surface area (Å²) in [7, 11) is 0. The van der Waals surface area contributed by atoms with Crippen molar-refractivity contribution < 1.29 is 14.2 Å². The lowest BCUT2D eigenvalue weighted by Crippen LogP contribution is -1.97. The minimum Gasteiger partial charge on any atom is -0.487 e. The highest BCUT2D eigenvalue weighted by Crippen LogP contribution is 2.26. The van der Waals surface area contributed by atoms with Crippen LogP contribution < -0.4 is 4.74 Å². The van der Waals surface area contributed by atoms with Gasteiger partial charge in [0.1, 0.15) is 18.2 Å². The van der Waals surface area contributed by atoms with Crippen molar-refractivity contribution in [3.05, 3.63) is 63.4 Å². The van der Waals surface area contributed by atoms with E-state index in [-0.39, 0.29) is 18.2 Å². The number of benzene rings is 2. The average molecular weight is 301 g/mol. The van der Waals surface area contributed by atoms with E-state index in [0.717, 1.165) is 5.56 Å². The number of hydrogen-bond acceptors (Lipinski definition) is 2. The molecule has 0 spiro atoms. The monoisotopic (exact) mass is 300 g/mol. The third-order valence-corrected chi connectivity index (χ3v) is 3.14. The van der Waals surface area contributed by atoms with Crippen LogP contribution in [0.4, 0.5) is 4.39 Å². The van der Waals surface area contributed by atoms with Crippen LogP contribution in [0, 0.1) is 5.82 Å². The molecule has 0 saturated heterocycles. The number of rotatable bonds is 4. The van der Waals surface area contributed by atoms with Gasteiger partial charge in [-0.3, -0.25) is 0 Å². The summed E-state index contributed by atoms with van der Waals surface area (Å²) in [6, 6.07) is 9.42. The van der Waals surface area contributed by atoms with Gasteiger partial charge < -0.3 is 9.84 Å². The first kappa shape index (κ1) is 14.1. The SMILES string of the molecule is OCc1ccc(OCc2ccc(F)c(Cl)c2)c(Cl)c1. The Bertz CT molecular complexity index is 588. The number of halogens is 3. The van der Waals surface area contributed by atoms with Gasteiger partial charge in [0.15, 0.2) is 0 Å². The van der Waals surface area contributed by atoms with Gasteiger partial charge in [0.2, 0.25) is 0 Å². The topological polar surface area (TPSA) is 29.5 Å². The van der Waals surface area contributed by atoms with Gasteiger partial charge in [0, 0.05) is 0 Å². The molecule has 2 nitrogen and oxygen atoms in total. The van der Waals surface area contributed by atoms with E-state index in [1.54, 1.807) is 24.3 Å². The Morgan fingerprint density at radius 3 is 2.32 bits per heavy atom. The van der Waals surface area contributed by atoms with Crippen molar-refractivity contribution in [2.24, 2.45) is 0 Å². The summed E-state index contributed by atoms with van der Waals surface area (Å²) in [6.07, 6.45) is 0. The molecule has 0 aliphatic heterocycles. The molecular weight excluding hydrogens is 290 g/mol. The fourth-order valence-corrected chi connectivity index (χ4v) is 2.01. The minimum atomic E-state index is -0.462. The van der Waals surface area contributed by atoms with E-state index < -0.39 is 5.82 Å². The van der Waals surface area contributed by atoms with E-state index in [1.165, 1.54) is 12.1 Å². The highest BCUT2D eigenvalue weighted by molar-refractivity contribution is 6.32. The van der Waals surface area contributed by atoms with Gasteiger partial charge in [-0.05, 0) is 35.4 Å². The molecule has 2 aromatic carbocycles. The second kappa shape index (κ2) is 6.24. The van der Waals surface area contributed by atoms with Crippen LogP contribution in [0.2, 0.25) is 10.0 Å². The lowest BCUT2D eigenvalue weighted by Gasteiger charge is -2.09. The van der Waals surface area contributed by atoms with Crippen LogP contribution in [0.5, 0.6) is 5.75 Å². The van der Waals surface area contributed by atoms with Crippen LogP contribution in [0.15, 0.2) is 36.4 Å². The van der Waals surface area contributed by atoms with Crippen LogP contribution in [-0.2, 0) is 13.2 Å². The maximum absolute atomic E-state index is 13.0. The first-order valence-electron chi connectivity index (χ1n) is 5.56. The van der Waals surface area contributed by atoms with Gasteiger partial charge in [-0.1, -0.05) is 35.3 Å². The summed E-state index contributed by atoms with van der Waals surface area (Å²) in [5, 5.41) is 9.44. The van der Waals surface area contributed by atoms with E-state index in [0.29, 0.717) is 16.3 Å². The van der Waals surface area contributed by atoms with Crippen molar-refractivity contribution in [2.75, 3.05) is 0 Å². The molecule has 19 heavy (non-hydrogen) atoms. The summed E-state index contributed by atoms with van der Waals surface area (Å²) in [5.74, 6) is 0.0371. The van der Waals surface area contributed by atoms with Crippen molar-refractivity contribution in [2.45, 2.75) is 13.2 Å². The molecule has 0 aliphatic carbocycles. The predicted molar refractivity (Wildman–Crippen MR) is 73.1 cm³/mol. The van der Waals surface area contributed by atoms with Crippen LogP contribution in [0.25, 0.3) is 0 Å². The number of aliphatic hydroxyl groups is 1. The zero-order valence-corrected chi connectivity index (χ0v) is 11.4. The summed E-state index contributed by atoms with van der Waals surface area (Å²) >= 11 is 11.7. The summed E-state index contributed by atoms with van der Waals surface area (Å²) in [5.41, 5.74) is 1.45. The molecule has 0 amide bonds. The molecule has 0 radical (unpaired) electrons. The zero-order chi connectivity index (χ0) is 13.8. The Hall–Kier alpha value is -1.29. The second-order valence-corrected chi connectivity index (χ2v) is 4.77. The van der Waals surface area contributed by atoms with Crippen LogP contribution in [0.1, 0.15) is 11.1 Å². The van der Waals surface area contributed by atoms with Crippen molar-refractivity contribution >= 4 is 23.2 Å². The Morgan fingerprint density at radius 1 is 1.00 bits per heavy atom. The summed E-state index contributed by atoms with van der Waals surface area (Å²) < 4.78 is 18.5. The molecule has 0 atom stereocenters. The van der Waals surface area contributed by atoms with Gasteiger partial charge in [-0.2, -0.15) is 0 Å². The highest BCUT2D eigenvalue weighted by Gasteiger charge is 2.05. The number of ether oxygens (including phenoxy) is 1. The van der Waals surface area contributed by atoms with E-state index in [9.17, 15) is 4.39 Å². The predicted octanol–water partition coefficient (Wildman–Crippen LogP) is 4.20. The largest absolute Gasteiger partial charge is 0.487 e. The molecule has 0 bridgehead atoms. The van der Waals surface area contributed by atoms with E-state index in [2.05, 4.69) is 0 Å². The van der Waals surface area contributed by atoms with Gasteiger partial charge in [0.05, 0.1) is 16.7 Å². The lowest BCUT2D eigenvalue weighted by molar-refractivity contribution is 0.281. The molecule has 2 rings (SSSR count). The van der Waals surface area contributed by atoms with Crippen LogP contribution in [0.3, 0.4) is 0 Å². The standard InChI is InChI=1S/C14H11Cl2FO2/c15-11-6-10(1-3-13(11)17)8-19-14-4-2-9(7-18)5-12(14)16/h1-6,18H,7-8H2. The average Bonchev–Trinajstić information content (AvgIpc) is 2.41. The van der Waals surface area contributed by atoms with E-state index in [4.69, 9.17) is 33.0 Å². The van der Waals surface area contributed by atoms with Gasteiger partial charge in [-0.25, -0.2) is 4.39 Å². The number of hydrogen-bond donors (Lipinski definition) is 1. The van der Waals surface area contributed by atoms with Crippen LogP contribution >= 0.6 is 23.2 Å². The third-order valence-electron chi connectivity index (χ3n) is 2.56. The summed E-state index contributed by atoms with van der Waals surface area (Å²) in [4.78, 5) is 0. The second-order valence-electron chi connectivity index (χ2n) is 3.96. The molecular formula is C14H11Cl2FO2. The van der Waals surface area contributed by atoms with Crippen molar-refractivity contribution in [3.63, 3.8) is 0 Å². The molecule has 5 heteroatoms. The van der Waals surface area contributed by atoms with Crippen molar-refractivity contribution in [3.8, 4) is 5.75 Å². The lowest BCUT2D eigenvalue weighted by atomic mass is 10.2. The quantitative estimate of drug-likeness (QED) is 0.917. The van der Waals surface area contributed by atoms with Gasteiger partial charge in [-0.15, -0.1) is 0 Å². The Labute approximate surface area is 120 Å². The first-order chi connectivity index (χ1) is 9.10. The Morgan fingerprint density at radius 2 is 1.68 bits per heavy atom. The molecule has 0 heterocycles. The zero-order valence-electron chi connectivity index (χ0n) is 9.87. The van der Waals surface area contributed by atoms with Crippen LogP contribution in [-0.4, -0.2) is 5.11 Å². The Kier molecular flexibility index (Phi) is 4.64. The molecule has 100 valence electrons.